The Morgan fingerprint density at radius 2 is 1.71 bits per heavy atom. The van der Waals surface area contributed by atoms with E-state index in [0.29, 0.717) is 28.5 Å². The Balaban J connectivity index is 1.51. The van der Waals surface area contributed by atoms with Gasteiger partial charge in [-0.15, -0.1) is 0 Å². The van der Waals surface area contributed by atoms with Crippen LogP contribution in [0.25, 0.3) is 0 Å². The van der Waals surface area contributed by atoms with Gasteiger partial charge in [-0.2, -0.15) is 0 Å². The molecule has 162 valence electrons. The highest BCUT2D eigenvalue weighted by Gasteiger charge is 2.14. The Morgan fingerprint density at radius 1 is 1.03 bits per heavy atom. The average Bonchev–Trinajstić information content (AvgIpc) is 3.28. The molecule has 31 heavy (non-hydrogen) atoms. The van der Waals surface area contributed by atoms with E-state index in [4.69, 9.17) is 14.0 Å². The molecule has 0 saturated heterocycles. The second kappa shape index (κ2) is 10.3. The highest BCUT2D eigenvalue weighted by atomic mass is 16.5. The van der Waals surface area contributed by atoms with Crippen LogP contribution in [0.1, 0.15) is 46.9 Å². The van der Waals surface area contributed by atoms with E-state index in [1.54, 1.807) is 61.7 Å². The Hall–Kier alpha value is -3.81. The van der Waals surface area contributed by atoms with Gasteiger partial charge in [0.2, 0.25) is 0 Å². The molecular weight excluding hydrogens is 398 g/mol. The summed E-state index contributed by atoms with van der Waals surface area (Å²) in [7, 11) is 1.57. The highest BCUT2D eigenvalue weighted by Crippen LogP contribution is 2.19. The van der Waals surface area contributed by atoms with Gasteiger partial charge in [0, 0.05) is 23.4 Å². The van der Waals surface area contributed by atoms with E-state index in [-0.39, 0.29) is 30.2 Å². The summed E-state index contributed by atoms with van der Waals surface area (Å²) >= 11 is 0. The minimum atomic E-state index is -0.277. The molecule has 8 nitrogen and oxygen atoms in total. The first-order chi connectivity index (χ1) is 15.0. The predicted octanol–water partition coefficient (Wildman–Crippen LogP) is 4.04. The third kappa shape index (κ3) is 6.08. The lowest BCUT2D eigenvalue weighted by Gasteiger charge is -2.08. The molecule has 0 saturated carbocycles. The number of hydrogen-bond donors (Lipinski definition) is 2. The third-order valence-corrected chi connectivity index (χ3v) is 4.63. The summed E-state index contributed by atoms with van der Waals surface area (Å²) in [5, 5.41) is 9.43. The van der Waals surface area contributed by atoms with E-state index in [2.05, 4.69) is 15.8 Å². The SMILES string of the molecule is CC[C@H](C)NC(=O)c1cc(COc2ccc(NC(=O)c3ccc(OC)cc3)cc2)on1. The van der Waals surface area contributed by atoms with Gasteiger partial charge in [0.15, 0.2) is 11.5 Å². The minimum Gasteiger partial charge on any atom is -0.497 e. The van der Waals surface area contributed by atoms with E-state index in [0.717, 1.165) is 6.42 Å². The first-order valence-electron chi connectivity index (χ1n) is 9.93. The van der Waals surface area contributed by atoms with E-state index >= 15 is 0 Å². The van der Waals surface area contributed by atoms with Crippen LogP contribution in [0.3, 0.4) is 0 Å². The Bertz CT molecular complexity index is 1010. The van der Waals surface area contributed by atoms with Crippen LogP contribution in [-0.2, 0) is 6.61 Å². The lowest BCUT2D eigenvalue weighted by molar-refractivity contribution is 0.0929. The van der Waals surface area contributed by atoms with E-state index in [9.17, 15) is 9.59 Å². The number of benzene rings is 2. The van der Waals surface area contributed by atoms with Crippen molar-refractivity contribution in [1.29, 1.82) is 0 Å². The summed E-state index contributed by atoms with van der Waals surface area (Å²) in [4.78, 5) is 24.4. The van der Waals surface area contributed by atoms with Gasteiger partial charge in [-0.1, -0.05) is 12.1 Å². The quantitative estimate of drug-likeness (QED) is 0.538. The molecule has 0 aliphatic rings. The summed E-state index contributed by atoms with van der Waals surface area (Å²) < 4.78 is 15.9. The van der Waals surface area contributed by atoms with E-state index in [1.807, 2.05) is 13.8 Å². The van der Waals surface area contributed by atoms with Gasteiger partial charge in [-0.3, -0.25) is 9.59 Å². The molecule has 1 aromatic heterocycles. The Kier molecular flexibility index (Phi) is 7.26. The minimum absolute atomic E-state index is 0.0626. The van der Waals surface area contributed by atoms with Crippen molar-refractivity contribution >= 4 is 17.5 Å². The number of hydrogen-bond acceptors (Lipinski definition) is 6. The smallest absolute Gasteiger partial charge is 0.273 e. The lowest BCUT2D eigenvalue weighted by atomic mass is 10.2. The molecule has 0 fully saturated rings. The number of carbonyl (C=O) groups is 2. The standard InChI is InChI=1S/C23H25N3O5/c1-4-15(2)24-23(28)21-13-20(31-26-21)14-30-19-11-7-17(8-12-19)25-22(27)16-5-9-18(29-3)10-6-16/h5-13,15H,4,14H2,1-3H3,(H,24,28)(H,25,27)/t15-/m0/s1. The van der Waals surface area contributed by atoms with Crippen molar-refractivity contribution in [1.82, 2.24) is 10.5 Å². The fourth-order valence-corrected chi connectivity index (χ4v) is 2.62. The number of ether oxygens (including phenoxy) is 2. The van der Waals surface area contributed by atoms with Crippen molar-refractivity contribution in [3.8, 4) is 11.5 Å². The van der Waals surface area contributed by atoms with Gasteiger partial charge in [0.25, 0.3) is 11.8 Å². The summed E-state index contributed by atoms with van der Waals surface area (Å²) in [6.07, 6.45) is 0.829. The Labute approximate surface area is 180 Å². The monoisotopic (exact) mass is 423 g/mol. The van der Waals surface area contributed by atoms with Crippen LogP contribution in [0.2, 0.25) is 0 Å². The van der Waals surface area contributed by atoms with Crippen LogP contribution in [0.15, 0.2) is 59.1 Å². The fraction of sp³-hybridized carbons (Fsp3) is 0.261. The average molecular weight is 423 g/mol. The maximum Gasteiger partial charge on any atom is 0.273 e. The molecule has 2 N–H and O–H groups in total. The first-order valence-corrected chi connectivity index (χ1v) is 9.93. The maximum absolute atomic E-state index is 12.3. The zero-order valence-corrected chi connectivity index (χ0v) is 17.7. The lowest BCUT2D eigenvalue weighted by Crippen LogP contribution is -2.32. The molecule has 3 rings (SSSR count). The molecule has 0 aliphatic heterocycles. The summed E-state index contributed by atoms with van der Waals surface area (Å²) in [6, 6.07) is 15.4. The van der Waals surface area contributed by atoms with Crippen molar-refractivity contribution in [2.45, 2.75) is 32.9 Å². The molecule has 0 unspecified atom stereocenters. The molecule has 3 aromatic rings. The molecule has 1 atom stereocenters. The van der Waals surface area contributed by atoms with Crippen LogP contribution < -0.4 is 20.1 Å². The van der Waals surface area contributed by atoms with Crippen LogP contribution in [0.4, 0.5) is 5.69 Å². The zero-order chi connectivity index (χ0) is 22.2. The number of aromatic nitrogens is 1. The van der Waals surface area contributed by atoms with Crippen molar-refractivity contribution in [2.24, 2.45) is 0 Å². The van der Waals surface area contributed by atoms with Gasteiger partial charge < -0.3 is 24.6 Å². The van der Waals surface area contributed by atoms with Gasteiger partial charge in [0.1, 0.15) is 18.1 Å². The normalized spacial score (nSPS) is 11.5. The largest absolute Gasteiger partial charge is 0.497 e. The highest BCUT2D eigenvalue weighted by molar-refractivity contribution is 6.04. The predicted molar refractivity (Wildman–Crippen MR) is 115 cm³/mol. The molecule has 0 aliphatic carbocycles. The van der Waals surface area contributed by atoms with Crippen LogP contribution in [0, 0.1) is 0 Å². The number of amides is 2. The van der Waals surface area contributed by atoms with Crippen LogP contribution in [-0.4, -0.2) is 30.1 Å². The fourth-order valence-electron chi connectivity index (χ4n) is 2.62. The molecule has 1 heterocycles. The Morgan fingerprint density at radius 3 is 2.35 bits per heavy atom. The zero-order valence-electron chi connectivity index (χ0n) is 17.7. The number of nitrogens with one attached hydrogen (secondary N) is 2. The van der Waals surface area contributed by atoms with E-state index in [1.165, 1.54) is 0 Å². The van der Waals surface area contributed by atoms with Gasteiger partial charge >= 0.3 is 0 Å². The molecule has 0 spiro atoms. The van der Waals surface area contributed by atoms with Crippen LogP contribution >= 0.6 is 0 Å². The number of anilines is 1. The second-order valence-electron chi connectivity index (χ2n) is 6.96. The van der Waals surface area contributed by atoms with E-state index < -0.39 is 0 Å². The van der Waals surface area contributed by atoms with Crippen molar-refractivity contribution < 1.29 is 23.6 Å². The molecule has 2 amide bonds. The number of nitrogens with zero attached hydrogens (tertiary/aromatic N) is 1. The number of carbonyl (C=O) groups excluding carboxylic acids is 2. The first kappa shape index (κ1) is 21.9. The number of rotatable bonds is 9. The molecule has 2 aromatic carbocycles. The van der Waals surface area contributed by atoms with Crippen LogP contribution in [0.5, 0.6) is 11.5 Å². The summed E-state index contributed by atoms with van der Waals surface area (Å²) in [6.45, 7) is 4.04. The van der Waals surface area contributed by atoms with Crippen molar-refractivity contribution in [3.05, 3.63) is 71.6 Å². The van der Waals surface area contributed by atoms with Gasteiger partial charge in [0.05, 0.1) is 7.11 Å². The van der Waals surface area contributed by atoms with Crippen molar-refractivity contribution in [2.75, 3.05) is 12.4 Å². The number of methoxy groups -OCH3 is 1. The second-order valence-corrected chi connectivity index (χ2v) is 6.96. The van der Waals surface area contributed by atoms with Crippen molar-refractivity contribution in [3.63, 3.8) is 0 Å². The summed E-state index contributed by atoms with van der Waals surface area (Å²) in [5.74, 6) is 1.21. The summed E-state index contributed by atoms with van der Waals surface area (Å²) in [5.41, 5.74) is 1.38. The van der Waals surface area contributed by atoms with Gasteiger partial charge in [-0.25, -0.2) is 0 Å². The topological polar surface area (TPSA) is 103 Å². The molecular formula is C23H25N3O5. The molecule has 8 heteroatoms. The third-order valence-electron chi connectivity index (χ3n) is 4.63. The van der Waals surface area contributed by atoms with Gasteiger partial charge in [-0.05, 0) is 61.9 Å². The molecule has 0 bridgehead atoms. The molecule has 0 radical (unpaired) electrons. The maximum atomic E-state index is 12.3.